The van der Waals surface area contributed by atoms with Gasteiger partial charge >= 0.3 is 6.36 Å². The molecule has 0 aliphatic carbocycles. The molecule has 0 aliphatic heterocycles. The largest absolute Gasteiger partial charge is 0.522 e. The zero-order valence-electron chi connectivity index (χ0n) is 9.02. The summed E-state index contributed by atoms with van der Waals surface area (Å²) in [6.45, 7) is 3.48. The van der Waals surface area contributed by atoms with Crippen molar-refractivity contribution >= 4 is 0 Å². The monoisotopic (exact) mass is 229 g/mol. The molecule has 92 valence electrons. The number of hydrogen-bond acceptors (Lipinski definition) is 3. The SMILES string of the molecule is CCC(C)(CCO)NCCOC(F)(F)F. The van der Waals surface area contributed by atoms with Gasteiger partial charge in [-0.05, 0) is 19.8 Å². The first-order chi connectivity index (χ1) is 6.83. The molecule has 0 radical (unpaired) electrons. The lowest BCUT2D eigenvalue weighted by Gasteiger charge is -2.29. The molecule has 0 aromatic carbocycles. The van der Waals surface area contributed by atoms with E-state index in [1.54, 1.807) is 0 Å². The van der Waals surface area contributed by atoms with Crippen LogP contribution in [0, 0.1) is 0 Å². The fourth-order valence-electron chi connectivity index (χ4n) is 1.16. The highest BCUT2D eigenvalue weighted by Gasteiger charge is 2.29. The Morgan fingerprint density at radius 1 is 1.33 bits per heavy atom. The number of nitrogens with one attached hydrogen (secondary N) is 1. The normalized spacial score (nSPS) is 16.4. The minimum atomic E-state index is -4.57. The van der Waals surface area contributed by atoms with Crippen LogP contribution >= 0.6 is 0 Å². The number of aliphatic hydroxyl groups excluding tert-OH is 1. The van der Waals surface area contributed by atoms with Crippen molar-refractivity contribution in [2.75, 3.05) is 19.8 Å². The Hall–Kier alpha value is -0.330. The number of hydrogen-bond donors (Lipinski definition) is 2. The van der Waals surface area contributed by atoms with Gasteiger partial charge < -0.3 is 10.4 Å². The number of aliphatic hydroxyl groups is 1. The minimum Gasteiger partial charge on any atom is -0.396 e. The average molecular weight is 229 g/mol. The van der Waals surface area contributed by atoms with Gasteiger partial charge in [-0.15, -0.1) is 13.2 Å². The number of rotatable bonds is 7. The molecule has 0 aromatic rings. The van der Waals surface area contributed by atoms with E-state index in [2.05, 4.69) is 10.1 Å². The molecule has 6 heteroatoms. The summed E-state index contributed by atoms with van der Waals surface area (Å²) in [5, 5.41) is 11.7. The van der Waals surface area contributed by atoms with E-state index in [4.69, 9.17) is 5.11 Å². The molecule has 0 rings (SSSR count). The van der Waals surface area contributed by atoms with Crippen molar-refractivity contribution in [3.63, 3.8) is 0 Å². The highest BCUT2D eigenvalue weighted by Crippen LogP contribution is 2.16. The van der Waals surface area contributed by atoms with Crippen molar-refractivity contribution in [3.8, 4) is 0 Å². The van der Waals surface area contributed by atoms with Crippen LogP contribution in [0.1, 0.15) is 26.7 Å². The number of alkyl halides is 3. The Kier molecular flexibility index (Phi) is 6.16. The van der Waals surface area contributed by atoms with Gasteiger partial charge in [-0.25, -0.2) is 0 Å². The summed E-state index contributed by atoms with van der Waals surface area (Å²) < 4.78 is 38.5. The fourth-order valence-corrected chi connectivity index (χ4v) is 1.16. The predicted octanol–water partition coefficient (Wildman–Crippen LogP) is 1.66. The molecule has 0 bridgehead atoms. The van der Waals surface area contributed by atoms with Gasteiger partial charge in [-0.1, -0.05) is 6.92 Å². The number of ether oxygens (including phenoxy) is 1. The van der Waals surface area contributed by atoms with Gasteiger partial charge in [0.15, 0.2) is 0 Å². The molecular weight excluding hydrogens is 211 g/mol. The summed E-state index contributed by atoms with van der Waals surface area (Å²) in [4.78, 5) is 0. The van der Waals surface area contributed by atoms with Crippen LogP contribution in [0.15, 0.2) is 0 Å². The van der Waals surface area contributed by atoms with E-state index in [1.807, 2.05) is 13.8 Å². The highest BCUT2D eigenvalue weighted by molar-refractivity contribution is 4.80. The van der Waals surface area contributed by atoms with Crippen molar-refractivity contribution in [3.05, 3.63) is 0 Å². The first-order valence-corrected chi connectivity index (χ1v) is 4.89. The quantitative estimate of drug-likeness (QED) is 0.652. The molecule has 0 heterocycles. The number of halogens is 3. The van der Waals surface area contributed by atoms with Gasteiger partial charge in [0, 0.05) is 18.7 Å². The molecule has 0 aliphatic rings. The molecule has 15 heavy (non-hydrogen) atoms. The minimum absolute atomic E-state index is 0.0114. The second-order valence-corrected chi connectivity index (χ2v) is 3.61. The smallest absolute Gasteiger partial charge is 0.396 e. The van der Waals surface area contributed by atoms with E-state index in [0.717, 1.165) is 6.42 Å². The van der Waals surface area contributed by atoms with Crippen LogP contribution in [-0.2, 0) is 4.74 Å². The predicted molar refractivity (Wildman–Crippen MR) is 50.4 cm³/mol. The van der Waals surface area contributed by atoms with Gasteiger partial charge in [0.1, 0.15) is 0 Å². The molecule has 0 spiro atoms. The summed E-state index contributed by atoms with van der Waals surface area (Å²) in [6, 6.07) is 0. The summed E-state index contributed by atoms with van der Waals surface area (Å²) >= 11 is 0. The second-order valence-electron chi connectivity index (χ2n) is 3.61. The van der Waals surface area contributed by atoms with Crippen molar-refractivity contribution < 1.29 is 23.0 Å². The van der Waals surface area contributed by atoms with Crippen LogP contribution in [0.5, 0.6) is 0 Å². The average Bonchev–Trinajstić information content (AvgIpc) is 2.12. The summed E-state index contributed by atoms with van der Waals surface area (Å²) in [5.74, 6) is 0. The summed E-state index contributed by atoms with van der Waals surface area (Å²) in [7, 11) is 0. The maximum Gasteiger partial charge on any atom is 0.522 e. The Morgan fingerprint density at radius 2 is 1.93 bits per heavy atom. The molecule has 1 atom stereocenters. The van der Waals surface area contributed by atoms with Crippen molar-refractivity contribution in [1.29, 1.82) is 0 Å². The van der Waals surface area contributed by atoms with Crippen molar-refractivity contribution in [1.82, 2.24) is 5.32 Å². The topological polar surface area (TPSA) is 41.5 Å². The lowest BCUT2D eigenvalue weighted by Crippen LogP contribution is -2.44. The lowest BCUT2D eigenvalue weighted by molar-refractivity contribution is -0.323. The highest BCUT2D eigenvalue weighted by atomic mass is 19.4. The van der Waals surface area contributed by atoms with Crippen LogP contribution in [0.4, 0.5) is 13.2 Å². The molecule has 0 amide bonds. The first-order valence-electron chi connectivity index (χ1n) is 4.89. The molecular formula is C9H18F3NO2. The molecule has 1 unspecified atom stereocenters. The fraction of sp³-hybridized carbons (Fsp3) is 1.00. The standard InChI is InChI=1S/C9H18F3NO2/c1-3-8(2,4-6-14)13-5-7-15-9(10,11)12/h13-14H,3-7H2,1-2H3. The van der Waals surface area contributed by atoms with Crippen LogP contribution in [-0.4, -0.2) is 36.8 Å². The Labute approximate surface area is 87.6 Å². The van der Waals surface area contributed by atoms with Crippen LogP contribution in [0.3, 0.4) is 0 Å². The van der Waals surface area contributed by atoms with Gasteiger partial charge in [0.05, 0.1) is 6.61 Å². The molecule has 2 N–H and O–H groups in total. The Balaban J connectivity index is 3.73. The third-order valence-electron chi connectivity index (χ3n) is 2.36. The second kappa shape index (κ2) is 6.30. The summed E-state index contributed by atoms with van der Waals surface area (Å²) in [6.07, 6.45) is -3.32. The van der Waals surface area contributed by atoms with Crippen LogP contribution in [0.2, 0.25) is 0 Å². The lowest BCUT2D eigenvalue weighted by atomic mass is 9.95. The third kappa shape index (κ3) is 7.58. The summed E-state index contributed by atoms with van der Waals surface area (Å²) in [5.41, 5.74) is -0.330. The molecule has 0 saturated heterocycles. The van der Waals surface area contributed by atoms with Gasteiger partial charge in [0.2, 0.25) is 0 Å². The van der Waals surface area contributed by atoms with Crippen molar-refractivity contribution in [2.45, 2.75) is 38.6 Å². The van der Waals surface area contributed by atoms with Gasteiger partial charge in [0.25, 0.3) is 0 Å². The van der Waals surface area contributed by atoms with Crippen LogP contribution < -0.4 is 5.32 Å². The molecule has 3 nitrogen and oxygen atoms in total. The van der Waals surface area contributed by atoms with Crippen molar-refractivity contribution in [2.24, 2.45) is 0 Å². The molecule has 0 aromatic heterocycles. The van der Waals surface area contributed by atoms with E-state index < -0.39 is 13.0 Å². The van der Waals surface area contributed by atoms with Gasteiger partial charge in [-0.3, -0.25) is 4.74 Å². The first kappa shape index (κ1) is 14.7. The molecule has 0 fully saturated rings. The third-order valence-corrected chi connectivity index (χ3v) is 2.36. The van der Waals surface area contributed by atoms with E-state index in [9.17, 15) is 13.2 Å². The Bertz CT molecular complexity index is 175. The van der Waals surface area contributed by atoms with E-state index in [-0.39, 0.29) is 18.7 Å². The Morgan fingerprint density at radius 3 is 2.33 bits per heavy atom. The zero-order valence-corrected chi connectivity index (χ0v) is 9.02. The maximum atomic E-state index is 11.6. The zero-order chi connectivity index (χ0) is 11.9. The van der Waals surface area contributed by atoms with E-state index in [1.165, 1.54) is 0 Å². The van der Waals surface area contributed by atoms with Gasteiger partial charge in [-0.2, -0.15) is 0 Å². The van der Waals surface area contributed by atoms with E-state index in [0.29, 0.717) is 6.42 Å². The maximum absolute atomic E-state index is 11.6. The van der Waals surface area contributed by atoms with Crippen LogP contribution in [0.25, 0.3) is 0 Å². The van der Waals surface area contributed by atoms with E-state index >= 15 is 0 Å². The molecule has 0 saturated carbocycles.